The summed E-state index contributed by atoms with van der Waals surface area (Å²) in [7, 11) is -1.42. The van der Waals surface area contributed by atoms with E-state index >= 15 is 0 Å². The van der Waals surface area contributed by atoms with Crippen molar-refractivity contribution in [2.24, 2.45) is 4.99 Å². The monoisotopic (exact) mass is 503 g/mol. The van der Waals surface area contributed by atoms with Crippen LogP contribution < -0.4 is 10.6 Å². The molecule has 0 saturated carbocycles. The molecular weight excluding hydrogens is 477 g/mol. The van der Waals surface area contributed by atoms with Crippen LogP contribution in [0.25, 0.3) is 0 Å². The minimum absolute atomic E-state index is 0. The lowest BCUT2D eigenvalue weighted by Crippen LogP contribution is -2.40. The van der Waals surface area contributed by atoms with Gasteiger partial charge in [-0.05, 0) is 24.5 Å². The van der Waals surface area contributed by atoms with E-state index < -0.39 is 10.0 Å². The number of halogens is 2. The van der Waals surface area contributed by atoms with Gasteiger partial charge in [0.1, 0.15) is 5.15 Å². The number of sulfonamides is 1. The number of hydrogen-bond donors (Lipinski definition) is 2. The molecule has 0 aromatic carbocycles. The van der Waals surface area contributed by atoms with Gasteiger partial charge in [-0.25, -0.2) is 17.7 Å². The van der Waals surface area contributed by atoms with Crippen LogP contribution in [0.2, 0.25) is 5.15 Å². The van der Waals surface area contributed by atoms with Crippen LogP contribution in [0.15, 0.2) is 23.3 Å². The van der Waals surface area contributed by atoms with Crippen molar-refractivity contribution in [2.75, 3.05) is 39.5 Å². The van der Waals surface area contributed by atoms with E-state index in [9.17, 15) is 8.42 Å². The number of aliphatic imine (C=N–C) groups is 1. The fourth-order valence-corrected chi connectivity index (χ4v) is 3.16. The summed E-state index contributed by atoms with van der Waals surface area (Å²) < 4.78 is 24.5. The maximum Gasteiger partial charge on any atom is 0.211 e. The molecule has 0 aliphatic rings. The molecule has 7 nitrogen and oxygen atoms in total. The molecule has 0 fully saturated rings. The van der Waals surface area contributed by atoms with Gasteiger partial charge in [-0.3, -0.25) is 4.99 Å². The first-order chi connectivity index (χ1) is 11.4. The van der Waals surface area contributed by atoms with E-state index in [0.29, 0.717) is 43.7 Å². The lowest BCUT2D eigenvalue weighted by molar-refractivity contribution is 0.424. The van der Waals surface area contributed by atoms with Crippen LogP contribution in [0.1, 0.15) is 18.9 Å². The maximum absolute atomic E-state index is 11.5. The predicted octanol–water partition coefficient (Wildman–Crippen LogP) is 1.73. The molecule has 0 atom stereocenters. The second kappa shape index (κ2) is 12.7. The van der Waals surface area contributed by atoms with Gasteiger partial charge in [-0.1, -0.05) is 24.6 Å². The summed E-state index contributed by atoms with van der Waals surface area (Å²) in [5.41, 5.74) is 1.09. The van der Waals surface area contributed by atoms with Crippen LogP contribution >= 0.6 is 35.6 Å². The van der Waals surface area contributed by atoms with E-state index in [-0.39, 0.29) is 24.0 Å². The molecule has 0 radical (unpaired) electrons. The molecule has 1 aromatic rings. The van der Waals surface area contributed by atoms with Gasteiger partial charge in [0.05, 0.1) is 6.26 Å². The molecule has 0 unspecified atom stereocenters. The predicted molar refractivity (Wildman–Crippen MR) is 114 cm³/mol. The van der Waals surface area contributed by atoms with Gasteiger partial charge in [0.25, 0.3) is 0 Å². The Morgan fingerprint density at radius 2 is 2.00 bits per heavy atom. The largest absolute Gasteiger partial charge is 0.356 e. The minimum Gasteiger partial charge on any atom is -0.356 e. The van der Waals surface area contributed by atoms with Crippen LogP contribution in [0.4, 0.5) is 0 Å². The Hall–Kier alpha value is -0.650. The highest BCUT2D eigenvalue weighted by molar-refractivity contribution is 14.0. The van der Waals surface area contributed by atoms with Crippen molar-refractivity contribution in [1.82, 2.24) is 19.9 Å². The highest BCUT2D eigenvalue weighted by atomic mass is 127. The number of nitrogens with one attached hydrogen (secondary N) is 2. The van der Waals surface area contributed by atoms with Gasteiger partial charge in [0, 0.05) is 39.4 Å². The van der Waals surface area contributed by atoms with Crippen molar-refractivity contribution < 1.29 is 8.42 Å². The van der Waals surface area contributed by atoms with E-state index in [1.165, 1.54) is 10.6 Å². The zero-order valence-electron chi connectivity index (χ0n) is 14.8. The number of rotatable bonds is 9. The number of aromatic nitrogens is 1. The van der Waals surface area contributed by atoms with Crippen LogP contribution in [0.3, 0.4) is 0 Å². The lowest BCUT2D eigenvalue weighted by Gasteiger charge is -2.18. The first-order valence-electron chi connectivity index (χ1n) is 7.87. The Balaban J connectivity index is 0.00000576. The molecule has 0 spiro atoms. The Kier molecular flexibility index (Phi) is 12.3. The second-order valence-electron chi connectivity index (χ2n) is 5.27. The smallest absolute Gasteiger partial charge is 0.211 e. The van der Waals surface area contributed by atoms with Crippen LogP contribution in [-0.2, 0) is 16.4 Å². The van der Waals surface area contributed by atoms with Crippen LogP contribution in [0.5, 0.6) is 0 Å². The molecule has 10 heteroatoms. The molecule has 2 N–H and O–H groups in total. The standard InChI is InChI=1S/C15H26ClN5O2S.HI/c1-4-21(24(3,22)23)11-5-9-18-15(17-2)19-10-8-13-6-7-14(16)20-12-13;/h6-7,12H,4-5,8-11H2,1-3H3,(H2,17,18,19);1H. The quantitative estimate of drug-likeness (QED) is 0.176. The van der Waals surface area contributed by atoms with Gasteiger partial charge in [0.2, 0.25) is 10.0 Å². The molecule has 0 saturated heterocycles. The summed E-state index contributed by atoms with van der Waals surface area (Å²) in [5, 5.41) is 6.87. The normalized spacial score (nSPS) is 12.0. The Morgan fingerprint density at radius 1 is 1.32 bits per heavy atom. The fourth-order valence-electron chi connectivity index (χ4n) is 2.12. The highest BCUT2D eigenvalue weighted by Gasteiger charge is 2.13. The molecule has 0 aliphatic heterocycles. The van der Waals surface area contributed by atoms with Gasteiger partial charge in [-0.2, -0.15) is 0 Å². The Morgan fingerprint density at radius 3 is 2.52 bits per heavy atom. The molecule has 25 heavy (non-hydrogen) atoms. The Bertz CT molecular complexity index is 625. The average molecular weight is 504 g/mol. The van der Waals surface area contributed by atoms with Crippen LogP contribution in [0, 0.1) is 0 Å². The number of guanidine groups is 1. The topological polar surface area (TPSA) is 86.7 Å². The van der Waals surface area contributed by atoms with E-state index in [0.717, 1.165) is 12.0 Å². The van der Waals surface area contributed by atoms with Gasteiger partial charge in [-0.15, -0.1) is 24.0 Å². The van der Waals surface area contributed by atoms with Crippen molar-refractivity contribution >= 4 is 51.6 Å². The third kappa shape index (κ3) is 10.2. The second-order valence-corrected chi connectivity index (χ2v) is 7.64. The molecule has 1 rings (SSSR count). The van der Waals surface area contributed by atoms with Crippen molar-refractivity contribution in [3.63, 3.8) is 0 Å². The average Bonchev–Trinajstić information content (AvgIpc) is 2.53. The first kappa shape index (κ1) is 24.4. The molecule has 0 bridgehead atoms. The summed E-state index contributed by atoms with van der Waals surface area (Å²) in [4.78, 5) is 8.18. The van der Waals surface area contributed by atoms with E-state index in [2.05, 4.69) is 20.6 Å². The number of pyridine rings is 1. The number of hydrogen-bond acceptors (Lipinski definition) is 4. The van der Waals surface area contributed by atoms with Gasteiger partial charge in [0.15, 0.2) is 5.96 Å². The molecular formula is C15H27ClIN5O2S. The Labute approximate surface area is 172 Å². The molecule has 1 heterocycles. The highest BCUT2D eigenvalue weighted by Crippen LogP contribution is 2.05. The minimum atomic E-state index is -3.12. The van der Waals surface area contributed by atoms with Crippen LogP contribution in [-0.4, -0.2) is 63.1 Å². The maximum atomic E-state index is 11.5. The zero-order valence-corrected chi connectivity index (χ0v) is 18.7. The lowest BCUT2D eigenvalue weighted by atomic mass is 10.2. The third-order valence-corrected chi connectivity index (χ3v) is 5.02. The van der Waals surface area contributed by atoms with Crippen molar-refractivity contribution in [1.29, 1.82) is 0 Å². The van der Waals surface area contributed by atoms with Gasteiger partial charge < -0.3 is 10.6 Å². The van der Waals surface area contributed by atoms with E-state index in [4.69, 9.17) is 11.6 Å². The molecule has 144 valence electrons. The van der Waals surface area contributed by atoms with Crippen molar-refractivity contribution in [3.8, 4) is 0 Å². The van der Waals surface area contributed by atoms with Crippen molar-refractivity contribution in [2.45, 2.75) is 19.8 Å². The van der Waals surface area contributed by atoms with E-state index in [1.54, 1.807) is 19.3 Å². The summed E-state index contributed by atoms with van der Waals surface area (Å²) in [6, 6.07) is 3.71. The first-order valence-corrected chi connectivity index (χ1v) is 10.1. The fraction of sp³-hybridized carbons (Fsp3) is 0.600. The van der Waals surface area contributed by atoms with E-state index in [1.807, 2.05) is 13.0 Å². The summed E-state index contributed by atoms with van der Waals surface area (Å²) in [6.07, 6.45) is 4.51. The molecule has 1 aromatic heterocycles. The number of nitrogens with zero attached hydrogens (tertiary/aromatic N) is 3. The SMILES string of the molecule is CCN(CCCNC(=NC)NCCc1ccc(Cl)nc1)S(C)(=O)=O.I. The zero-order chi connectivity index (χ0) is 18.0. The molecule has 0 amide bonds. The van der Waals surface area contributed by atoms with Gasteiger partial charge >= 0.3 is 0 Å². The third-order valence-electron chi connectivity index (χ3n) is 3.42. The summed E-state index contributed by atoms with van der Waals surface area (Å²) in [6.45, 7) is 4.18. The molecule has 0 aliphatic carbocycles. The summed E-state index contributed by atoms with van der Waals surface area (Å²) >= 11 is 5.75. The summed E-state index contributed by atoms with van der Waals surface area (Å²) in [5.74, 6) is 0.694. The van der Waals surface area contributed by atoms with Crippen molar-refractivity contribution in [3.05, 3.63) is 29.0 Å².